The van der Waals surface area contributed by atoms with Gasteiger partial charge >= 0.3 is 0 Å². The summed E-state index contributed by atoms with van der Waals surface area (Å²) in [7, 11) is -2.51. The largest absolute Gasteiger partial charge is 0.481 e. The van der Waals surface area contributed by atoms with Gasteiger partial charge in [-0.25, -0.2) is 13.4 Å². The molecule has 0 radical (unpaired) electrons. The molecule has 32 heavy (non-hydrogen) atoms. The number of amides is 1. The molecule has 0 aliphatic heterocycles. The van der Waals surface area contributed by atoms with Crippen molar-refractivity contribution < 1.29 is 17.9 Å². The number of hydrogen-bond acceptors (Lipinski definition) is 5. The summed E-state index contributed by atoms with van der Waals surface area (Å²) in [5.74, 6) is -0.0232. The van der Waals surface area contributed by atoms with Crippen LogP contribution in [0.2, 0.25) is 5.02 Å². The smallest absolute Gasteiger partial charge is 0.264 e. The molecule has 0 atom stereocenters. The Bertz CT molecular complexity index is 1230. The highest BCUT2D eigenvalue weighted by Gasteiger charge is 2.26. The number of sulfonamides is 1. The molecule has 0 aliphatic carbocycles. The van der Waals surface area contributed by atoms with Gasteiger partial charge in [0.05, 0.1) is 29.3 Å². The topological polar surface area (TPSA) is 88.6 Å². The molecule has 0 bridgehead atoms. The second-order valence-electron chi connectivity index (χ2n) is 6.66. The van der Waals surface area contributed by atoms with Gasteiger partial charge in [0, 0.05) is 23.9 Å². The van der Waals surface area contributed by atoms with Crippen LogP contribution in [-0.4, -0.2) is 33.0 Å². The zero-order valence-electron chi connectivity index (χ0n) is 17.4. The number of carbonyl (C=O) groups excluding carboxylic acids is 1. The molecule has 2 aromatic carbocycles. The first-order valence-electron chi connectivity index (χ1n) is 9.62. The van der Waals surface area contributed by atoms with Crippen molar-refractivity contribution >= 4 is 33.2 Å². The van der Waals surface area contributed by atoms with Crippen molar-refractivity contribution in [2.45, 2.75) is 11.4 Å². The van der Waals surface area contributed by atoms with Crippen molar-refractivity contribution in [3.8, 4) is 5.88 Å². The average molecular weight is 472 g/mol. The van der Waals surface area contributed by atoms with Gasteiger partial charge in [0.1, 0.15) is 0 Å². The lowest BCUT2D eigenvalue weighted by atomic mass is 10.2. The fourth-order valence-electron chi connectivity index (χ4n) is 3.04. The molecular weight excluding hydrogens is 450 g/mol. The zero-order valence-corrected chi connectivity index (χ0v) is 18.9. The Morgan fingerprint density at radius 1 is 1.19 bits per heavy atom. The maximum atomic E-state index is 13.4. The highest BCUT2D eigenvalue weighted by molar-refractivity contribution is 7.92. The molecule has 0 saturated heterocycles. The van der Waals surface area contributed by atoms with E-state index in [1.54, 1.807) is 48.7 Å². The number of nitrogens with zero attached hydrogens (tertiary/aromatic N) is 2. The van der Waals surface area contributed by atoms with Gasteiger partial charge in [-0.2, -0.15) is 0 Å². The minimum atomic E-state index is -4.00. The fraction of sp³-hybridized carbons (Fsp3) is 0.130. The van der Waals surface area contributed by atoms with Gasteiger partial charge in [-0.3, -0.25) is 9.10 Å². The van der Waals surface area contributed by atoms with Gasteiger partial charge in [0.15, 0.2) is 0 Å². The summed E-state index contributed by atoms with van der Waals surface area (Å²) in [5, 5.41) is 3.05. The highest BCUT2D eigenvalue weighted by atomic mass is 35.5. The first-order valence-corrected chi connectivity index (χ1v) is 11.4. The van der Waals surface area contributed by atoms with Crippen LogP contribution < -0.4 is 14.4 Å². The first-order chi connectivity index (χ1) is 15.4. The van der Waals surface area contributed by atoms with Crippen LogP contribution in [0.4, 0.5) is 5.69 Å². The summed E-state index contributed by atoms with van der Waals surface area (Å²) in [4.78, 5) is 16.8. The molecule has 0 saturated carbocycles. The lowest BCUT2D eigenvalue weighted by molar-refractivity contribution is 0.0950. The minimum absolute atomic E-state index is 0.0172. The quantitative estimate of drug-likeness (QED) is 0.475. The van der Waals surface area contributed by atoms with Crippen LogP contribution in [0.5, 0.6) is 5.88 Å². The molecule has 0 spiro atoms. The van der Waals surface area contributed by atoms with E-state index >= 15 is 0 Å². The van der Waals surface area contributed by atoms with Gasteiger partial charge in [-0.05, 0) is 36.4 Å². The average Bonchev–Trinajstić information content (AvgIpc) is 2.81. The van der Waals surface area contributed by atoms with E-state index in [1.165, 1.54) is 31.4 Å². The summed E-state index contributed by atoms with van der Waals surface area (Å²) < 4.78 is 33.1. The van der Waals surface area contributed by atoms with Gasteiger partial charge in [-0.15, -0.1) is 6.58 Å². The monoisotopic (exact) mass is 471 g/mol. The van der Waals surface area contributed by atoms with Gasteiger partial charge in [-0.1, -0.05) is 41.9 Å². The highest BCUT2D eigenvalue weighted by Crippen LogP contribution is 2.30. The molecule has 9 heteroatoms. The van der Waals surface area contributed by atoms with E-state index in [1.807, 2.05) is 0 Å². The number of aromatic nitrogens is 1. The van der Waals surface area contributed by atoms with Crippen molar-refractivity contribution in [2.75, 3.05) is 18.0 Å². The number of ether oxygens (including phenoxy) is 1. The summed E-state index contributed by atoms with van der Waals surface area (Å²) >= 11 is 6.23. The Morgan fingerprint density at radius 2 is 1.97 bits per heavy atom. The van der Waals surface area contributed by atoms with Crippen LogP contribution in [0.1, 0.15) is 15.9 Å². The maximum Gasteiger partial charge on any atom is 0.264 e. The third-order valence-electron chi connectivity index (χ3n) is 4.58. The van der Waals surface area contributed by atoms with E-state index in [4.69, 9.17) is 16.3 Å². The number of anilines is 1. The Labute approximate surface area is 192 Å². The molecule has 1 N–H and O–H groups in total. The van der Waals surface area contributed by atoms with Crippen LogP contribution in [0.15, 0.2) is 84.4 Å². The number of methoxy groups -OCH3 is 1. The number of hydrogen-bond donors (Lipinski definition) is 1. The Morgan fingerprint density at radius 3 is 2.69 bits per heavy atom. The second kappa shape index (κ2) is 10.3. The summed E-state index contributed by atoms with van der Waals surface area (Å²) in [6.45, 7) is 3.84. The molecular formula is C23H22ClN3O4S. The standard InChI is InChI=1S/C23H22ClN3O4S/c1-3-14-27(21-12-5-4-11-20(21)24)32(29,30)19-10-6-8-17(15-19)22(28)26-16-18-9-7-13-25-23(18)31-2/h3-13,15H,1,14,16H2,2H3,(H,26,28). The molecule has 3 aromatic rings. The fourth-order valence-corrected chi connectivity index (χ4v) is 4.83. The predicted molar refractivity (Wildman–Crippen MR) is 125 cm³/mol. The van der Waals surface area contributed by atoms with Crippen LogP contribution in [-0.2, 0) is 16.6 Å². The number of carbonyl (C=O) groups is 1. The number of para-hydroxylation sites is 1. The summed E-state index contributed by atoms with van der Waals surface area (Å²) in [6, 6.07) is 16.0. The van der Waals surface area contributed by atoms with Crippen molar-refractivity contribution in [3.63, 3.8) is 0 Å². The van der Waals surface area contributed by atoms with E-state index in [0.717, 1.165) is 4.31 Å². The third-order valence-corrected chi connectivity index (χ3v) is 6.68. The van der Waals surface area contributed by atoms with E-state index in [2.05, 4.69) is 16.9 Å². The summed E-state index contributed by atoms with van der Waals surface area (Å²) in [6.07, 6.45) is 3.06. The number of benzene rings is 2. The predicted octanol–water partition coefficient (Wildman–Crippen LogP) is 4.05. The lowest BCUT2D eigenvalue weighted by Gasteiger charge is -2.24. The Kier molecular flexibility index (Phi) is 7.50. The normalized spacial score (nSPS) is 10.9. The molecule has 0 fully saturated rings. The van der Waals surface area contributed by atoms with E-state index in [0.29, 0.717) is 17.1 Å². The van der Waals surface area contributed by atoms with Crippen LogP contribution >= 0.6 is 11.6 Å². The van der Waals surface area contributed by atoms with E-state index in [-0.39, 0.29) is 28.6 Å². The van der Waals surface area contributed by atoms with E-state index in [9.17, 15) is 13.2 Å². The number of pyridine rings is 1. The zero-order chi connectivity index (χ0) is 23.1. The minimum Gasteiger partial charge on any atom is -0.481 e. The van der Waals surface area contributed by atoms with E-state index < -0.39 is 15.9 Å². The first kappa shape index (κ1) is 23.3. The Hall–Kier alpha value is -3.36. The molecule has 1 amide bonds. The second-order valence-corrected chi connectivity index (χ2v) is 8.93. The van der Waals surface area contributed by atoms with Crippen molar-refractivity contribution in [1.82, 2.24) is 10.3 Å². The van der Waals surface area contributed by atoms with Crippen LogP contribution in [0.25, 0.3) is 0 Å². The van der Waals surface area contributed by atoms with Crippen LogP contribution in [0, 0.1) is 0 Å². The summed E-state index contributed by atoms with van der Waals surface area (Å²) in [5.41, 5.74) is 1.22. The van der Waals surface area contributed by atoms with Gasteiger partial charge in [0.25, 0.3) is 15.9 Å². The molecule has 1 heterocycles. The lowest BCUT2D eigenvalue weighted by Crippen LogP contribution is -2.31. The molecule has 3 rings (SSSR count). The third kappa shape index (κ3) is 5.09. The molecule has 0 aliphatic rings. The van der Waals surface area contributed by atoms with Gasteiger partial charge < -0.3 is 10.1 Å². The molecule has 7 nitrogen and oxygen atoms in total. The molecule has 1 aromatic heterocycles. The number of halogens is 1. The van der Waals surface area contributed by atoms with Crippen molar-refractivity contribution in [2.24, 2.45) is 0 Å². The maximum absolute atomic E-state index is 13.4. The molecule has 166 valence electrons. The molecule has 0 unspecified atom stereocenters. The van der Waals surface area contributed by atoms with Gasteiger partial charge in [0.2, 0.25) is 5.88 Å². The Balaban J connectivity index is 1.87. The number of nitrogens with one attached hydrogen (secondary N) is 1. The van der Waals surface area contributed by atoms with Crippen LogP contribution in [0.3, 0.4) is 0 Å². The van der Waals surface area contributed by atoms with Crippen molar-refractivity contribution in [3.05, 3.63) is 95.7 Å². The van der Waals surface area contributed by atoms with Crippen molar-refractivity contribution in [1.29, 1.82) is 0 Å². The number of rotatable bonds is 9. The SMILES string of the molecule is C=CCN(c1ccccc1Cl)S(=O)(=O)c1cccc(C(=O)NCc2cccnc2OC)c1.